The van der Waals surface area contributed by atoms with Gasteiger partial charge < -0.3 is 39.4 Å². The molecule has 3 aromatic heterocycles. The van der Waals surface area contributed by atoms with Crippen LogP contribution in [0.3, 0.4) is 0 Å². The molecule has 5 aromatic rings. The minimum Gasteiger partial charge on any atom is -0.468 e. The van der Waals surface area contributed by atoms with Crippen LogP contribution >= 0.6 is 0 Å². The fourth-order valence-electron chi connectivity index (χ4n) is 12.4. The van der Waals surface area contributed by atoms with Crippen LogP contribution in [0.15, 0.2) is 78.1 Å². The lowest BCUT2D eigenvalue weighted by Crippen LogP contribution is -2.58. The number of H-pyrrole nitrogens is 1. The Kier molecular flexibility index (Phi) is 12.9. The van der Waals surface area contributed by atoms with Gasteiger partial charge in [-0.2, -0.15) is 13.4 Å². The number of morpholine rings is 1. The molecule has 1 amide bonds. The predicted octanol–water partition coefficient (Wildman–Crippen LogP) is 7.97. The van der Waals surface area contributed by atoms with E-state index in [1.807, 2.05) is 31.2 Å². The minimum atomic E-state index is -4.73. The number of pyridine rings is 2. The molecule has 0 radical (unpaired) electrons. The molecule has 18 nitrogen and oxygen atoms in total. The number of carbonyl (C=O) groups is 1. The van der Waals surface area contributed by atoms with Crippen molar-refractivity contribution in [2.75, 3.05) is 67.7 Å². The highest BCUT2D eigenvalue weighted by Gasteiger charge is 2.50. The Labute approximate surface area is 420 Å². The van der Waals surface area contributed by atoms with E-state index >= 15 is 0 Å². The van der Waals surface area contributed by atoms with Crippen molar-refractivity contribution >= 4 is 55.4 Å². The highest BCUT2D eigenvalue weighted by molar-refractivity contribution is 7.90. The summed E-state index contributed by atoms with van der Waals surface area (Å²) in [6.07, 6.45) is 10.1. The quantitative estimate of drug-likeness (QED) is 0.0688. The highest BCUT2D eigenvalue weighted by Crippen LogP contribution is 2.54. The third-order valence-corrected chi connectivity index (χ3v) is 17.8. The van der Waals surface area contributed by atoms with Gasteiger partial charge in [-0.3, -0.25) is 19.8 Å². The van der Waals surface area contributed by atoms with E-state index in [0.717, 1.165) is 88.1 Å². The number of benzene rings is 2. The topological polar surface area (TPSA) is 218 Å². The molecule has 382 valence electrons. The Bertz CT molecular complexity index is 2960. The van der Waals surface area contributed by atoms with Gasteiger partial charge in [0.15, 0.2) is 5.03 Å². The van der Waals surface area contributed by atoms with Crippen molar-refractivity contribution in [3.63, 3.8) is 0 Å². The lowest BCUT2D eigenvalue weighted by atomic mass is 9.59. The molecule has 0 unspecified atom stereocenters. The Morgan fingerprint density at radius 3 is 2.53 bits per heavy atom. The van der Waals surface area contributed by atoms with Crippen LogP contribution in [0.5, 0.6) is 5.88 Å². The molecule has 11 rings (SSSR count). The van der Waals surface area contributed by atoms with Gasteiger partial charge in [0.2, 0.25) is 5.88 Å². The number of piperidine rings is 1. The summed E-state index contributed by atoms with van der Waals surface area (Å²) in [4.78, 5) is 45.6. The summed E-state index contributed by atoms with van der Waals surface area (Å²) >= 11 is 0. The van der Waals surface area contributed by atoms with Crippen LogP contribution in [0, 0.1) is 21.4 Å². The van der Waals surface area contributed by atoms with Gasteiger partial charge in [0.1, 0.15) is 23.1 Å². The monoisotopic (exact) mass is 1000 g/mol. The zero-order chi connectivity index (χ0) is 49.9. The molecule has 3 saturated heterocycles. The van der Waals surface area contributed by atoms with Crippen molar-refractivity contribution in [1.29, 1.82) is 0 Å². The number of hydrogen-bond donors (Lipinski definition) is 4. The first kappa shape index (κ1) is 48.4. The molecule has 6 aliphatic rings. The molecule has 2 aromatic carbocycles. The largest absolute Gasteiger partial charge is 0.468 e. The van der Waals surface area contributed by atoms with Crippen LogP contribution in [-0.4, -0.2) is 121 Å². The van der Waals surface area contributed by atoms with Crippen LogP contribution in [0.4, 0.5) is 28.4 Å². The second-order valence-electron chi connectivity index (χ2n) is 21.6. The number of anilines is 4. The highest BCUT2D eigenvalue weighted by atomic mass is 32.2. The molecule has 3 atom stereocenters. The van der Waals surface area contributed by atoms with Gasteiger partial charge in [-0.05, 0) is 123 Å². The zero-order valence-corrected chi connectivity index (χ0v) is 42.0. The molecular formula is C53H65N9O9S. The predicted molar refractivity (Wildman–Crippen MR) is 273 cm³/mol. The molecule has 2 saturated carbocycles. The molecule has 7 heterocycles. The van der Waals surface area contributed by atoms with Crippen molar-refractivity contribution in [2.45, 2.75) is 119 Å². The summed E-state index contributed by atoms with van der Waals surface area (Å²) < 4.78 is 49.0. The lowest BCUT2D eigenvalue weighted by Gasteiger charge is -2.57. The minimum absolute atomic E-state index is 0.0670. The molecule has 1 spiro atoms. The van der Waals surface area contributed by atoms with E-state index in [2.05, 4.69) is 72.8 Å². The van der Waals surface area contributed by atoms with E-state index in [-0.39, 0.29) is 34.7 Å². The van der Waals surface area contributed by atoms with Gasteiger partial charge in [0.25, 0.3) is 21.6 Å². The van der Waals surface area contributed by atoms with Gasteiger partial charge in [0.05, 0.1) is 65.9 Å². The molecule has 72 heavy (non-hydrogen) atoms. The number of hydrogen-bond acceptors (Lipinski definition) is 15. The number of rotatable bonds is 12. The van der Waals surface area contributed by atoms with Crippen molar-refractivity contribution < 1.29 is 37.5 Å². The van der Waals surface area contributed by atoms with Crippen molar-refractivity contribution in [3.05, 3.63) is 99.9 Å². The number of nitro groups is 1. The fourth-order valence-corrected chi connectivity index (χ4v) is 13.3. The van der Waals surface area contributed by atoms with E-state index in [4.69, 9.17) is 19.2 Å². The number of nitrogens with zero attached hydrogens (tertiary/aromatic N) is 6. The van der Waals surface area contributed by atoms with E-state index < -0.39 is 43.3 Å². The van der Waals surface area contributed by atoms with Gasteiger partial charge in [-0.25, -0.2) is 9.71 Å². The molecule has 4 aliphatic heterocycles. The Hall–Kier alpha value is -5.86. The first-order valence-electron chi connectivity index (χ1n) is 25.7. The van der Waals surface area contributed by atoms with Gasteiger partial charge in [0, 0.05) is 56.1 Å². The maximum atomic E-state index is 14.7. The summed E-state index contributed by atoms with van der Waals surface area (Å²) in [5.41, 5.74) is 4.59. The van der Waals surface area contributed by atoms with E-state index in [9.17, 15) is 28.4 Å². The smallest absolute Gasteiger partial charge is 0.296 e. The van der Waals surface area contributed by atoms with Crippen LogP contribution < -0.4 is 24.6 Å². The summed E-state index contributed by atoms with van der Waals surface area (Å²) in [5, 5.41) is 26.0. The Morgan fingerprint density at radius 1 is 0.972 bits per heavy atom. The third-order valence-electron chi connectivity index (χ3n) is 16.6. The second-order valence-corrected chi connectivity index (χ2v) is 23.2. The molecule has 5 fully saturated rings. The van der Waals surface area contributed by atoms with E-state index in [1.54, 1.807) is 12.3 Å². The van der Waals surface area contributed by atoms with Crippen molar-refractivity contribution in [2.24, 2.45) is 11.3 Å². The number of carbonyl (C=O) groups excluding carboxylic acids is 1. The summed E-state index contributed by atoms with van der Waals surface area (Å²) in [6.45, 7) is 11.5. The average molecular weight is 1000 g/mol. The van der Waals surface area contributed by atoms with Crippen LogP contribution in [0.25, 0.3) is 11.0 Å². The second kappa shape index (κ2) is 19.2. The molecule has 4 N–H and O–H groups in total. The Balaban J connectivity index is 0.864. The normalized spacial score (nSPS) is 25.6. The molecule has 0 bridgehead atoms. The number of fused-ring (bicyclic) bond motifs is 3. The fraction of sp³-hybridized carbons (Fsp3) is 0.528. The average Bonchev–Trinajstić information content (AvgIpc) is 3.83. The summed E-state index contributed by atoms with van der Waals surface area (Å²) in [7, 11) is -4.73. The number of aromatic nitrogens is 3. The van der Waals surface area contributed by atoms with Gasteiger partial charge >= 0.3 is 0 Å². The number of nitrogens with one attached hydrogen (secondary N) is 3. The third kappa shape index (κ3) is 9.38. The Morgan fingerprint density at radius 2 is 1.75 bits per heavy atom. The number of ether oxygens (including phenoxy) is 3. The SMILES string of the molecule is CC(C)c1ccccc1[C@@H]1COCCN1C1CC2(CCN(c3ccc(C(=O)NS(=O)(=O)c4cc([N+](=O)[O-])c(NC[C@H]5CC[C@](C)(O)CC5)cn4)c(N4c5cc6cc[nH]c6nc5O[C@H]5COCC[C@@H]54)c3)CC2)C1. The zero-order valence-electron chi connectivity index (χ0n) is 41.2. The van der Waals surface area contributed by atoms with Gasteiger partial charge in [-0.1, -0.05) is 38.1 Å². The van der Waals surface area contributed by atoms with Crippen LogP contribution in [0.2, 0.25) is 0 Å². The van der Waals surface area contributed by atoms with E-state index in [0.29, 0.717) is 80.5 Å². The number of sulfonamides is 1. The standard InChI is InChI=1S/C53H65N9O9S/c1-33(2)38-6-4-5-7-39(38)46-31-70-23-21-60(46)37-27-53(28-37)16-19-59(20-17-53)36-8-9-40(43(25-36)61-42-13-22-69-32-47(42)71-51-45(61)24-35-12-18-54-49(35)57-51)50(63)58-72(67,68)48-26-44(62(65)66)41(30-56-48)55-29-34-10-14-52(3,64)15-11-34/h4-9,12,18,24-26,30,33-34,37,42,46-47,55,64H,10-11,13-17,19-23,27-29,31-32H2,1-3H3,(H,54,57)(H,58,63)/t34-,42-,46-,47-,52-/m0/s1. The lowest BCUT2D eigenvalue weighted by molar-refractivity contribution is -0.384. The number of aliphatic hydroxyl groups is 1. The maximum Gasteiger partial charge on any atom is 0.296 e. The van der Waals surface area contributed by atoms with Crippen molar-refractivity contribution in [3.8, 4) is 5.88 Å². The summed E-state index contributed by atoms with van der Waals surface area (Å²) in [6, 6.07) is 19.6. The number of amides is 1. The first-order chi connectivity index (χ1) is 34.6. The van der Waals surface area contributed by atoms with E-state index in [1.165, 1.54) is 11.1 Å². The summed E-state index contributed by atoms with van der Waals surface area (Å²) in [5.74, 6) is 0.0355. The van der Waals surface area contributed by atoms with Crippen LogP contribution in [0.1, 0.15) is 112 Å². The van der Waals surface area contributed by atoms with Crippen LogP contribution in [-0.2, 0) is 19.5 Å². The molecular weight excluding hydrogens is 939 g/mol. The molecule has 2 aliphatic carbocycles. The van der Waals surface area contributed by atoms with Crippen molar-refractivity contribution in [1.82, 2.24) is 24.6 Å². The number of aromatic amines is 1. The molecule has 19 heteroatoms. The van der Waals surface area contributed by atoms with Gasteiger partial charge in [-0.15, -0.1) is 0 Å². The first-order valence-corrected chi connectivity index (χ1v) is 27.1. The maximum absolute atomic E-state index is 14.7.